The molecule has 0 fully saturated rings. The number of nitrogens with zero attached hydrogens (tertiary/aromatic N) is 1. The van der Waals surface area contributed by atoms with E-state index in [2.05, 4.69) is 14.7 Å². The first-order valence-electron chi connectivity index (χ1n) is 9.84. The van der Waals surface area contributed by atoms with E-state index >= 15 is 0 Å². The van der Waals surface area contributed by atoms with Crippen LogP contribution in [0.3, 0.4) is 0 Å². The molecule has 6 nitrogen and oxygen atoms in total. The highest BCUT2D eigenvalue weighted by molar-refractivity contribution is 7.92. The second kappa shape index (κ2) is 8.94. The van der Waals surface area contributed by atoms with E-state index < -0.39 is 10.0 Å². The SMILES string of the molecule is CCCS(=O)(=O)Nc1cc(Cl)cc(C(=O)c2c[nH]c3ncc(-c4ccc(Cl)cc4)cc23)c1. The predicted octanol–water partition coefficient (Wildman–Crippen LogP) is 5.92. The average molecular weight is 488 g/mol. The Labute approximate surface area is 195 Å². The molecule has 0 atom stereocenters. The van der Waals surface area contributed by atoms with Gasteiger partial charge in [0.05, 0.1) is 11.4 Å². The van der Waals surface area contributed by atoms with E-state index in [0.29, 0.717) is 28.0 Å². The summed E-state index contributed by atoms with van der Waals surface area (Å²) in [6.45, 7) is 1.77. The maximum absolute atomic E-state index is 13.3. The van der Waals surface area contributed by atoms with Gasteiger partial charge in [0.2, 0.25) is 10.0 Å². The van der Waals surface area contributed by atoms with Crippen molar-refractivity contribution in [3.8, 4) is 11.1 Å². The van der Waals surface area contributed by atoms with Crippen LogP contribution in [0.4, 0.5) is 5.69 Å². The van der Waals surface area contributed by atoms with Gasteiger partial charge in [-0.1, -0.05) is 42.3 Å². The lowest BCUT2D eigenvalue weighted by atomic mass is 10.0. The van der Waals surface area contributed by atoms with Crippen molar-refractivity contribution < 1.29 is 13.2 Å². The first kappa shape index (κ1) is 22.3. The molecule has 0 saturated heterocycles. The van der Waals surface area contributed by atoms with E-state index in [9.17, 15) is 13.2 Å². The second-order valence-electron chi connectivity index (χ2n) is 7.31. The number of hydrogen-bond acceptors (Lipinski definition) is 4. The van der Waals surface area contributed by atoms with Crippen LogP contribution in [-0.4, -0.2) is 29.9 Å². The Balaban J connectivity index is 1.72. The zero-order chi connectivity index (χ0) is 22.9. The average Bonchev–Trinajstić information content (AvgIpc) is 3.16. The molecule has 2 heterocycles. The maximum Gasteiger partial charge on any atom is 0.232 e. The number of ketones is 1. The third kappa shape index (κ3) is 4.80. The zero-order valence-corrected chi connectivity index (χ0v) is 19.4. The Kier molecular flexibility index (Phi) is 6.24. The number of benzene rings is 2. The Bertz CT molecular complexity index is 1410. The highest BCUT2D eigenvalue weighted by Gasteiger charge is 2.18. The van der Waals surface area contributed by atoms with E-state index in [4.69, 9.17) is 23.2 Å². The van der Waals surface area contributed by atoms with Gasteiger partial charge in [-0.2, -0.15) is 0 Å². The molecular formula is C23H19Cl2N3O3S. The molecular weight excluding hydrogens is 469 g/mol. The van der Waals surface area contributed by atoms with E-state index in [1.807, 2.05) is 18.2 Å². The summed E-state index contributed by atoms with van der Waals surface area (Å²) >= 11 is 12.2. The molecule has 32 heavy (non-hydrogen) atoms. The van der Waals surface area contributed by atoms with E-state index in [-0.39, 0.29) is 27.8 Å². The van der Waals surface area contributed by atoms with Gasteiger partial charge in [-0.15, -0.1) is 0 Å². The molecule has 0 amide bonds. The molecule has 0 radical (unpaired) electrons. The second-order valence-corrected chi connectivity index (χ2v) is 10.0. The molecule has 9 heteroatoms. The molecule has 0 saturated carbocycles. The molecule has 0 aliphatic heterocycles. The van der Waals surface area contributed by atoms with Gasteiger partial charge in [-0.05, 0) is 48.4 Å². The van der Waals surface area contributed by atoms with Crippen LogP contribution >= 0.6 is 23.2 Å². The summed E-state index contributed by atoms with van der Waals surface area (Å²) in [4.78, 5) is 20.7. The van der Waals surface area contributed by atoms with Crippen molar-refractivity contribution in [3.05, 3.63) is 82.1 Å². The highest BCUT2D eigenvalue weighted by atomic mass is 35.5. The summed E-state index contributed by atoms with van der Waals surface area (Å²) in [5, 5.41) is 1.53. The first-order chi connectivity index (χ1) is 15.3. The molecule has 2 aromatic heterocycles. The molecule has 0 spiro atoms. The lowest BCUT2D eigenvalue weighted by Gasteiger charge is -2.09. The zero-order valence-electron chi connectivity index (χ0n) is 17.0. The number of fused-ring (bicyclic) bond motifs is 1. The number of rotatable bonds is 7. The van der Waals surface area contributed by atoms with Crippen molar-refractivity contribution in [1.82, 2.24) is 9.97 Å². The number of carbonyl (C=O) groups excluding carboxylic acids is 1. The van der Waals surface area contributed by atoms with Crippen molar-refractivity contribution >= 4 is 55.7 Å². The van der Waals surface area contributed by atoms with Gasteiger partial charge in [0.15, 0.2) is 5.78 Å². The number of anilines is 1. The van der Waals surface area contributed by atoms with Crippen molar-refractivity contribution in [3.63, 3.8) is 0 Å². The summed E-state index contributed by atoms with van der Waals surface area (Å²) in [6, 6.07) is 13.7. The van der Waals surface area contributed by atoms with Crippen molar-refractivity contribution in [2.24, 2.45) is 0 Å². The predicted molar refractivity (Wildman–Crippen MR) is 129 cm³/mol. The Hall–Kier alpha value is -2.87. The number of sulfonamides is 1. The number of hydrogen-bond donors (Lipinski definition) is 2. The Morgan fingerprint density at radius 3 is 2.50 bits per heavy atom. The number of H-pyrrole nitrogens is 1. The van der Waals surface area contributed by atoms with Crippen molar-refractivity contribution in [1.29, 1.82) is 0 Å². The first-order valence-corrected chi connectivity index (χ1v) is 12.3. The molecule has 4 aromatic rings. The maximum atomic E-state index is 13.3. The summed E-state index contributed by atoms with van der Waals surface area (Å²) < 4.78 is 26.7. The van der Waals surface area contributed by atoms with Crippen LogP contribution < -0.4 is 4.72 Å². The Morgan fingerprint density at radius 2 is 1.78 bits per heavy atom. The lowest BCUT2D eigenvalue weighted by Crippen LogP contribution is -2.16. The Morgan fingerprint density at radius 1 is 1.03 bits per heavy atom. The highest BCUT2D eigenvalue weighted by Crippen LogP contribution is 2.28. The molecule has 0 bridgehead atoms. The number of nitrogens with one attached hydrogen (secondary N) is 2. The molecule has 4 rings (SSSR count). The fraction of sp³-hybridized carbons (Fsp3) is 0.130. The molecule has 0 aliphatic carbocycles. The normalized spacial score (nSPS) is 11.6. The largest absolute Gasteiger partial charge is 0.345 e. The van der Waals surface area contributed by atoms with Gasteiger partial charge in [0.25, 0.3) is 0 Å². The minimum atomic E-state index is -3.52. The lowest BCUT2D eigenvalue weighted by molar-refractivity contribution is 0.104. The van der Waals surface area contributed by atoms with Crippen LogP contribution in [0.15, 0.2) is 60.9 Å². The third-order valence-corrected chi connectivity index (χ3v) is 6.82. The van der Waals surface area contributed by atoms with Crippen LogP contribution in [0, 0.1) is 0 Å². The smallest absolute Gasteiger partial charge is 0.232 e. The monoisotopic (exact) mass is 487 g/mol. The number of pyridine rings is 1. The number of carbonyl (C=O) groups is 1. The van der Waals surface area contributed by atoms with E-state index in [1.165, 1.54) is 18.2 Å². The van der Waals surface area contributed by atoms with Gasteiger partial charge >= 0.3 is 0 Å². The standard InChI is InChI=1S/C23H19Cl2N3O3S/c1-2-7-32(30,31)28-19-9-15(8-18(25)11-19)22(29)21-13-27-23-20(21)10-16(12-26-23)14-3-5-17(24)6-4-14/h3-6,8-13,28H,2,7H2,1H3,(H,26,27). The summed E-state index contributed by atoms with van der Waals surface area (Å²) in [5.74, 6) is -0.325. The van der Waals surface area contributed by atoms with Crippen LogP contribution in [-0.2, 0) is 10.0 Å². The minimum absolute atomic E-state index is 0.0234. The van der Waals surface area contributed by atoms with Crippen LogP contribution in [0.25, 0.3) is 22.2 Å². The molecule has 164 valence electrons. The molecule has 2 N–H and O–H groups in total. The quantitative estimate of drug-likeness (QED) is 0.316. The van der Waals surface area contributed by atoms with Gasteiger partial charge < -0.3 is 4.98 Å². The number of halogens is 2. The number of aromatic amines is 1. The van der Waals surface area contributed by atoms with E-state index in [0.717, 1.165) is 11.1 Å². The van der Waals surface area contributed by atoms with Crippen LogP contribution in [0.1, 0.15) is 29.3 Å². The van der Waals surface area contributed by atoms with Crippen LogP contribution in [0.5, 0.6) is 0 Å². The fourth-order valence-corrected chi connectivity index (χ4v) is 4.90. The fourth-order valence-electron chi connectivity index (χ4n) is 3.43. The van der Waals surface area contributed by atoms with Crippen molar-refractivity contribution in [2.75, 3.05) is 10.5 Å². The van der Waals surface area contributed by atoms with Gasteiger partial charge in [0.1, 0.15) is 5.65 Å². The van der Waals surface area contributed by atoms with E-state index in [1.54, 1.807) is 31.5 Å². The molecule has 0 aliphatic rings. The molecule has 2 aromatic carbocycles. The summed E-state index contributed by atoms with van der Waals surface area (Å²) in [6.07, 6.45) is 3.78. The summed E-state index contributed by atoms with van der Waals surface area (Å²) in [7, 11) is -3.52. The summed E-state index contributed by atoms with van der Waals surface area (Å²) in [5.41, 5.74) is 3.24. The van der Waals surface area contributed by atoms with Crippen molar-refractivity contribution in [2.45, 2.75) is 13.3 Å². The molecule has 0 unspecified atom stereocenters. The third-order valence-electron chi connectivity index (χ3n) is 4.86. The number of aromatic nitrogens is 2. The van der Waals surface area contributed by atoms with Gasteiger partial charge in [-0.25, -0.2) is 13.4 Å². The minimum Gasteiger partial charge on any atom is -0.345 e. The van der Waals surface area contributed by atoms with Gasteiger partial charge in [-0.3, -0.25) is 9.52 Å². The van der Waals surface area contributed by atoms with Gasteiger partial charge in [0, 0.05) is 44.5 Å². The van der Waals surface area contributed by atoms with Crippen LogP contribution in [0.2, 0.25) is 10.0 Å². The topological polar surface area (TPSA) is 91.9 Å².